The van der Waals surface area contributed by atoms with Gasteiger partial charge in [0.2, 0.25) is 0 Å². The molecule has 1 aliphatic carbocycles. The van der Waals surface area contributed by atoms with Gasteiger partial charge in [0, 0.05) is 10.5 Å². The maximum absolute atomic E-state index is 11.3. The molecule has 1 spiro atoms. The summed E-state index contributed by atoms with van der Waals surface area (Å²) in [5, 5.41) is 21.6. The van der Waals surface area contributed by atoms with E-state index >= 15 is 0 Å². The van der Waals surface area contributed by atoms with Crippen LogP contribution in [0.25, 0.3) is 0 Å². The van der Waals surface area contributed by atoms with E-state index in [-0.39, 0.29) is 4.92 Å². The third-order valence-corrected chi connectivity index (χ3v) is 4.07. The summed E-state index contributed by atoms with van der Waals surface area (Å²) in [4.78, 5) is 10.9. The molecule has 0 radical (unpaired) electrons. The average Bonchev–Trinajstić information content (AvgIpc) is 2.77. The normalized spacial score (nSPS) is 28.7. The fourth-order valence-electron chi connectivity index (χ4n) is 3.23. The van der Waals surface area contributed by atoms with Crippen LogP contribution in [0, 0.1) is 10.1 Å². The van der Waals surface area contributed by atoms with Crippen LogP contribution in [-0.2, 0) is 0 Å². The molecule has 5 heteroatoms. The summed E-state index contributed by atoms with van der Waals surface area (Å²) in [5.74, 6) is 0.588. The predicted octanol–water partition coefficient (Wildman–Crippen LogP) is 2.07. The van der Waals surface area contributed by atoms with Gasteiger partial charge in [0.1, 0.15) is 5.75 Å². The molecule has 2 atom stereocenters. The molecule has 0 saturated heterocycles. The van der Waals surface area contributed by atoms with Crippen molar-refractivity contribution in [3.05, 3.63) is 39.9 Å². The first-order chi connectivity index (χ1) is 8.64. The summed E-state index contributed by atoms with van der Waals surface area (Å²) in [6, 6.07) is 5.98. The lowest BCUT2D eigenvalue weighted by Crippen LogP contribution is -2.55. The molecule has 18 heavy (non-hydrogen) atoms. The van der Waals surface area contributed by atoms with Crippen molar-refractivity contribution in [3.8, 4) is 5.75 Å². The molecule has 0 amide bonds. The predicted molar refractivity (Wildman–Crippen MR) is 64.0 cm³/mol. The number of hydrogen-bond donors (Lipinski definition) is 1. The van der Waals surface area contributed by atoms with Crippen LogP contribution in [0.2, 0.25) is 0 Å². The van der Waals surface area contributed by atoms with Gasteiger partial charge in [-0.2, -0.15) is 0 Å². The van der Waals surface area contributed by atoms with E-state index in [1.807, 2.05) is 6.07 Å². The summed E-state index contributed by atoms with van der Waals surface area (Å²) in [6.07, 6.45) is 2.04. The number of fused-ring (bicyclic) bond motifs is 1. The molecule has 1 saturated carbocycles. The minimum atomic E-state index is -1.08. The van der Waals surface area contributed by atoms with E-state index in [0.717, 1.165) is 12.8 Å². The zero-order chi connectivity index (χ0) is 12.8. The van der Waals surface area contributed by atoms with E-state index in [1.54, 1.807) is 18.2 Å². The molecule has 1 aromatic carbocycles. The number of aliphatic hydroxyl groups is 1. The zero-order valence-corrected chi connectivity index (χ0v) is 9.91. The fraction of sp³-hybridized carbons (Fsp3) is 0.538. The number of benzene rings is 1. The first-order valence-corrected chi connectivity index (χ1v) is 6.23. The SMILES string of the molecule is O=[N+]([O-])C1C(O)c2ccccc2OC12CCCC2. The van der Waals surface area contributed by atoms with Crippen LogP contribution < -0.4 is 4.74 Å². The highest BCUT2D eigenvalue weighted by Crippen LogP contribution is 2.48. The number of aliphatic hydroxyl groups excluding tert-OH is 1. The van der Waals surface area contributed by atoms with Crippen molar-refractivity contribution >= 4 is 0 Å². The first-order valence-electron chi connectivity index (χ1n) is 6.23. The average molecular weight is 249 g/mol. The Bertz CT molecular complexity index is 482. The van der Waals surface area contributed by atoms with Crippen molar-refractivity contribution in [2.24, 2.45) is 0 Å². The molecule has 1 fully saturated rings. The third-order valence-electron chi connectivity index (χ3n) is 4.07. The van der Waals surface area contributed by atoms with Crippen molar-refractivity contribution < 1.29 is 14.8 Å². The molecule has 1 aliphatic heterocycles. The van der Waals surface area contributed by atoms with Crippen LogP contribution in [-0.4, -0.2) is 21.7 Å². The lowest BCUT2D eigenvalue weighted by Gasteiger charge is -2.39. The summed E-state index contributed by atoms with van der Waals surface area (Å²) < 4.78 is 5.92. The van der Waals surface area contributed by atoms with E-state index < -0.39 is 17.7 Å². The standard InChI is InChI=1S/C13H15NO4/c15-11-9-5-1-2-6-10(9)18-13(7-3-4-8-13)12(11)14(16)17/h1-2,5-6,11-12,15H,3-4,7-8H2. The Labute approximate surface area is 105 Å². The molecule has 1 heterocycles. The Morgan fingerprint density at radius 2 is 2.00 bits per heavy atom. The maximum Gasteiger partial charge on any atom is 0.281 e. The molecule has 3 rings (SSSR count). The van der Waals surface area contributed by atoms with Gasteiger partial charge in [-0.05, 0) is 31.7 Å². The second-order valence-electron chi connectivity index (χ2n) is 5.09. The lowest BCUT2D eigenvalue weighted by atomic mass is 9.83. The van der Waals surface area contributed by atoms with Crippen molar-refractivity contribution in [2.45, 2.75) is 43.4 Å². The van der Waals surface area contributed by atoms with Gasteiger partial charge < -0.3 is 9.84 Å². The van der Waals surface area contributed by atoms with E-state index in [2.05, 4.69) is 0 Å². The summed E-state index contributed by atoms with van der Waals surface area (Å²) >= 11 is 0. The molecule has 5 nitrogen and oxygen atoms in total. The number of ether oxygens (including phenoxy) is 1. The molecule has 1 aromatic rings. The smallest absolute Gasteiger partial charge is 0.281 e. The highest BCUT2D eigenvalue weighted by atomic mass is 16.6. The number of rotatable bonds is 1. The molecular formula is C13H15NO4. The molecule has 2 aliphatic rings. The minimum Gasteiger partial charge on any atom is -0.480 e. The maximum atomic E-state index is 11.3. The molecular weight excluding hydrogens is 234 g/mol. The quantitative estimate of drug-likeness (QED) is 0.611. The van der Waals surface area contributed by atoms with Crippen molar-refractivity contribution in [1.29, 1.82) is 0 Å². The highest BCUT2D eigenvalue weighted by molar-refractivity contribution is 5.39. The van der Waals surface area contributed by atoms with Gasteiger partial charge in [-0.3, -0.25) is 10.1 Å². The van der Waals surface area contributed by atoms with Gasteiger partial charge in [0.25, 0.3) is 6.04 Å². The van der Waals surface area contributed by atoms with Gasteiger partial charge in [-0.25, -0.2) is 0 Å². The van der Waals surface area contributed by atoms with E-state index in [9.17, 15) is 15.2 Å². The van der Waals surface area contributed by atoms with Crippen molar-refractivity contribution in [2.75, 3.05) is 0 Å². The molecule has 0 bridgehead atoms. The van der Waals surface area contributed by atoms with E-state index in [0.29, 0.717) is 24.2 Å². The summed E-state index contributed by atoms with van der Waals surface area (Å²) in [5.41, 5.74) is -0.297. The second kappa shape index (κ2) is 3.95. The first kappa shape index (κ1) is 11.5. The molecule has 1 N–H and O–H groups in total. The monoisotopic (exact) mass is 249 g/mol. The van der Waals surface area contributed by atoms with E-state index in [4.69, 9.17) is 4.74 Å². The topological polar surface area (TPSA) is 72.6 Å². The van der Waals surface area contributed by atoms with Gasteiger partial charge in [0.15, 0.2) is 11.7 Å². The van der Waals surface area contributed by atoms with Gasteiger partial charge in [-0.15, -0.1) is 0 Å². The Balaban J connectivity index is 2.10. The van der Waals surface area contributed by atoms with Crippen LogP contribution in [0.1, 0.15) is 37.4 Å². The van der Waals surface area contributed by atoms with E-state index in [1.165, 1.54) is 0 Å². The minimum absolute atomic E-state index is 0.383. The zero-order valence-electron chi connectivity index (χ0n) is 9.91. The third kappa shape index (κ3) is 1.50. The summed E-state index contributed by atoms with van der Waals surface area (Å²) in [6.45, 7) is 0. The largest absolute Gasteiger partial charge is 0.480 e. The van der Waals surface area contributed by atoms with Gasteiger partial charge in [-0.1, -0.05) is 18.2 Å². The summed E-state index contributed by atoms with van der Waals surface area (Å²) in [7, 11) is 0. The Morgan fingerprint density at radius 3 is 2.67 bits per heavy atom. The Hall–Kier alpha value is -1.62. The van der Waals surface area contributed by atoms with Gasteiger partial charge >= 0.3 is 0 Å². The Kier molecular flexibility index (Phi) is 2.52. The number of para-hydroxylation sites is 1. The number of nitro groups is 1. The molecule has 2 unspecified atom stereocenters. The van der Waals surface area contributed by atoms with Crippen LogP contribution in [0.5, 0.6) is 5.75 Å². The van der Waals surface area contributed by atoms with Gasteiger partial charge in [0.05, 0.1) is 0 Å². The number of nitrogens with zero attached hydrogens (tertiary/aromatic N) is 1. The highest BCUT2D eigenvalue weighted by Gasteiger charge is 2.58. The Morgan fingerprint density at radius 1 is 1.33 bits per heavy atom. The second-order valence-corrected chi connectivity index (χ2v) is 5.09. The van der Waals surface area contributed by atoms with Crippen LogP contribution in [0.4, 0.5) is 0 Å². The van der Waals surface area contributed by atoms with Crippen molar-refractivity contribution in [1.82, 2.24) is 0 Å². The molecule has 96 valence electrons. The lowest BCUT2D eigenvalue weighted by molar-refractivity contribution is -0.559. The van der Waals surface area contributed by atoms with Crippen molar-refractivity contribution in [3.63, 3.8) is 0 Å². The van der Waals surface area contributed by atoms with Crippen LogP contribution in [0.3, 0.4) is 0 Å². The number of hydrogen-bond acceptors (Lipinski definition) is 4. The molecule has 0 aromatic heterocycles. The fourth-order valence-corrected chi connectivity index (χ4v) is 3.23. The van der Waals surface area contributed by atoms with Crippen LogP contribution in [0.15, 0.2) is 24.3 Å². The van der Waals surface area contributed by atoms with Crippen LogP contribution >= 0.6 is 0 Å².